The Kier molecular flexibility index (Phi) is 4.88. The zero-order valence-corrected chi connectivity index (χ0v) is 13.5. The molecule has 0 spiro atoms. The number of carboxylic acid groups (broad SMARTS) is 1. The fourth-order valence-corrected chi connectivity index (χ4v) is 3.15. The van der Waals surface area contributed by atoms with E-state index in [-0.39, 0.29) is 12.6 Å². The van der Waals surface area contributed by atoms with Gasteiger partial charge in [-0.1, -0.05) is 25.5 Å². The summed E-state index contributed by atoms with van der Waals surface area (Å²) in [5.74, 6) is -0.805. The molecule has 0 saturated carbocycles. The summed E-state index contributed by atoms with van der Waals surface area (Å²) in [7, 11) is 0. The van der Waals surface area contributed by atoms with Crippen LogP contribution in [-0.4, -0.2) is 35.1 Å². The summed E-state index contributed by atoms with van der Waals surface area (Å²) < 4.78 is 0.801. The van der Waals surface area contributed by atoms with E-state index in [0.717, 1.165) is 10.9 Å². The van der Waals surface area contributed by atoms with Crippen LogP contribution in [0.3, 0.4) is 0 Å². The van der Waals surface area contributed by atoms with Crippen molar-refractivity contribution in [3.63, 3.8) is 0 Å². The van der Waals surface area contributed by atoms with E-state index >= 15 is 0 Å². The highest BCUT2D eigenvalue weighted by Crippen LogP contribution is 2.36. The smallest absolute Gasteiger partial charge is 0.321 e. The van der Waals surface area contributed by atoms with Gasteiger partial charge in [0.25, 0.3) is 0 Å². The number of aliphatic carboxylic acids is 1. The number of halogens is 1. The Morgan fingerprint density at radius 2 is 2.14 bits per heavy atom. The van der Waals surface area contributed by atoms with E-state index in [0.29, 0.717) is 25.1 Å². The number of amides is 2. The van der Waals surface area contributed by atoms with Crippen molar-refractivity contribution in [2.45, 2.75) is 26.2 Å². The lowest BCUT2D eigenvalue weighted by Gasteiger charge is -2.24. The van der Waals surface area contributed by atoms with Gasteiger partial charge in [0.15, 0.2) is 0 Å². The van der Waals surface area contributed by atoms with E-state index < -0.39 is 11.4 Å². The summed E-state index contributed by atoms with van der Waals surface area (Å²) in [6.45, 7) is 2.71. The Labute approximate surface area is 132 Å². The fourth-order valence-electron chi connectivity index (χ4n) is 2.77. The van der Waals surface area contributed by atoms with Crippen LogP contribution < -0.4 is 5.32 Å². The Morgan fingerprint density at radius 1 is 1.43 bits per heavy atom. The van der Waals surface area contributed by atoms with Gasteiger partial charge in [-0.2, -0.15) is 0 Å². The molecule has 21 heavy (non-hydrogen) atoms. The van der Waals surface area contributed by atoms with Gasteiger partial charge in [0.2, 0.25) is 0 Å². The zero-order valence-electron chi connectivity index (χ0n) is 11.9. The summed E-state index contributed by atoms with van der Waals surface area (Å²) >= 11 is 3.38. The summed E-state index contributed by atoms with van der Waals surface area (Å²) in [6, 6.07) is 7.10. The molecule has 1 atom stereocenters. The van der Waals surface area contributed by atoms with Crippen molar-refractivity contribution in [3.8, 4) is 0 Å². The SMILES string of the molecule is CCCC1(C(=O)O)CCN(C(=O)Nc2ccccc2Br)C1. The number of carbonyl (C=O) groups is 2. The Balaban J connectivity index is 2.05. The highest BCUT2D eigenvalue weighted by molar-refractivity contribution is 9.10. The fraction of sp³-hybridized carbons (Fsp3) is 0.467. The van der Waals surface area contributed by atoms with Crippen LogP contribution in [0.1, 0.15) is 26.2 Å². The number of para-hydroxylation sites is 1. The minimum Gasteiger partial charge on any atom is -0.481 e. The summed E-state index contributed by atoms with van der Waals surface area (Å²) in [6.07, 6.45) is 1.91. The first kappa shape index (κ1) is 15.8. The first-order valence-electron chi connectivity index (χ1n) is 7.02. The number of nitrogens with one attached hydrogen (secondary N) is 1. The van der Waals surface area contributed by atoms with Crippen LogP contribution in [0.4, 0.5) is 10.5 Å². The van der Waals surface area contributed by atoms with Gasteiger partial charge in [0.05, 0.1) is 11.1 Å². The highest BCUT2D eigenvalue weighted by Gasteiger charge is 2.45. The molecule has 1 aliphatic rings. The summed E-state index contributed by atoms with van der Waals surface area (Å²) in [4.78, 5) is 25.4. The molecular formula is C15H19BrN2O3. The van der Waals surface area contributed by atoms with E-state index in [4.69, 9.17) is 0 Å². The third-order valence-electron chi connectivity index (χ3n) is 3.94. The van der Waals surface area contributed by atoms with Crippen LogP contribution in [0.15, 0.2) is 28.7 Å². The van der Waals surface area contributed by atoms with Crippen LogP contribution in [0.2, 0.25) is 0 Å². The van der Waals surface area contributed by atoms with Gasteiger partial charge in [-0.05, 0) is 40.9 Å². The number of rotatable bonds is 4. The summed E-state index contributed by atoms with van der Waals surface area (Å²) in [5.41, 5.74) is -0.106. The Bertz CT molecular complexity index is 549. The lowest BCUT2D eigenvalue weighted by Crippen LogP contribution is -2.38. The van der Waals surface area contributed by atoms with Crippen molar-refractivity contribution in [1.29, 1.82) is 0 Å². The normalized spacial score (nSPS) is 21.3. The number of anilines is 1. The molecule has 2 rings (SSSR count). The first-order valence-corrected chi connectivity index (χ1v) is 7.82. The topological polar surface area (TPSA) is 69.6 Å². The number of carbonyl (C=O) groups excluding carboxylic acids is 1. The Morgan fingerprint density at radius 3 is 2.76 bits per heavy atom. The van der Waals surface area contributed by atoms with Crippen LogP contribution in [0, 0.1) is 5.41 Å². The van der Waals surface area contributed by atoms with Gasteiger partial charge >= 0.3 is 12.0 Å². The molecule has 0 bridgehead atoms. The second-order valence-electron chi connectivity index (χ2n) is 5.42. The minimum atomic E-state index is -0.805. The van der Waals surface area contributed by atoms with E-state index in [2.05, 4.69) is 21.2 Å². The molecule has 5 nitrogen and oxygen atoms in total. The second-order valence-corrected chi connectivity index (χ2v) is 6.27. The molecule has 1 saturated heterocycles. The molecule has 1 unspecified atom stereocenters. The molecular weight excluding hydrogens is 336 g/mol. The maximum absolute atomic E-state index is 12.3. The van der Waals surface area contributed by atoms with E-state index in [1.807, 2.05) is 25.1 Å². The van der Waals surface area contributed by atoms with Gasteiger partial charge in [0, 0.05) is 17.6 Å². The molecule has 1 aliphatic heterocycles. The van der Waals surface area contributed by atoms with Crippen LogP contribution >= 0.6 is 15.9 Å². The standard InChI is InChI=1S/C15H19BrN2O3/c1-2-7-15(13(19)20)8-9-18(10-15)14(21)17-12-6-4-3-5-11(12)16/h3-6H,2,7-10H2,1H3,(H,17,21)(H,19,20). The molecule has 1 heterocycles. The number of nitrogens with zero attached hydrogens (tertiary/aromatic N) is 1. The number of hydrogen-bond acceptors (Lipinski definition) is 2. The molecule has 0 aromatic heterocycles. The summed E-state index contributed by atoms with van der Waals surface area (Å²) in [5, 5.41) is 12.3. The third kappa shape index (κ3) is 3.37. The van der Waals surface area contributed by atoms with E-state index in [9.17, 15) is 14.7 Å². The molecule has 1 aromatic carbocycles. The monoisotopic (exact) mass is 354 g/mol. The van der Waals surface area contributed by atoms with Crippen molar-refractivity contribution in [1.82, 2.24) is 4.90 Å². The molecule has 1 fully saturated rings. The predicted octanol–water partition coefficient (Wildman–Crippen LogP) is 3.56. The van der Waals surface area contributed by atoms with Crippen molar-refractivity contribution in [2.24, 2.45) is 5.41 Å². The van der Waals surface area contributed by atoms with Gasteiger partial charge < -0.3 is 15.3 Å². The van der Waals surface area contributed by atoms with Gasteiger partial charge in [-0.25, -0.2) is 4.79 Å². The second kappa shape index (κ2) is 6.47. The van der Waals surface area contributed by atoms with Gasteiger partial charge in [-0.3, -0.25) is 4.79 Å². The molecule has 2 amide bonds. The molecule has 114 valence electrons. The minimum absolute atomic E-state index is 0.249. The van der Waals surface area contributed by atoms with E-state index in [1.165, 1.54) is 0 Å². The predicted molar refractivity (Wildman–Crippen MR) is 84.3 cm³/mol. The number of likely N-dealkylation sites (tertiary alicyclic amines) is 1. The average molecular weight is 355 g/mol. The maximum atomic E-state index is 12.3. The number of benzene rings is 1. The van der Waals surface area contributed by atoms with Crippen molar-refractivity contribution >= 4 is 33.6 Å². The molecule has 6 heteroatoms. The van der Waals surface area contributed by atoms with Crippen molar-refractivity contribution in [3.05, 3.63) is 28.7 Å². The molecule has 1 aromatic rings. The number of urea groups is 1. The number of carboxylic acids is 1. The third-order valence-corrected chi connectivity index (χ3v) is 4.63. The number of hydrogen-bond donors (Lipinski definition) is 2. The van der Waals surface area contributed by atoms with Crippen molar-refractivity contribution in [2.75, 3.05) is 18.4 Å². The van der Waals surface area contributed by atoms with E-state index in [1.54, 1.807) is 11.0 Å². The molecule has 2 N–H and O–H groups in total. The average Bonchev–Trinajstić information content (AvgIpc) is 2.87. The van der Waals surface area contributed by atoms with Gasteiger partial charge in [0.1, 0.15) is 0 Å². The lowest BCUT2D eigenvalue weighted by molar-refractivity contribution is -0.148. The van der Waals surface area contributed by atoms with Crippen LogP contribution in [-0.2, 0) is 4.79 Å². The maximum Gasteiger partial charge on any atom is 0.321 e. The lowest BCUT2D eigenvalue weighted by atomic mass is 9.83. The van der Waals surface area contributed by atoms with Crippen LogP contribution in [0.25, 0.3) is 0 Å². The van der Waals surface area contributed by atoms with Crippen molar-refractivity contribution < 1.29 is 14.7 Å². The molecule has 0 aliphatic carbocycles. The Hall–Kier alpha value is -1.56. The zero-order chi connectivity index (χ0) is 15.5. The highest BCUT2D eigenvalue weighted by atomic mass is 79.9. The van der Waals surface area contributed by atoms with Gasteiger partial charge in [-0.15, -0.1) is 0 Å². The van der Waals surface area contributed by atoms with Crippen LogP contribution in [0.5, 0.6) is 0 Å². The first-order chi connectivity index (χ1) is 9.98. The molecule has 0 radical (unpaired) electrons. The largest absolute Gasteiger partial charge is 0.481 e. The quantitative estimate of drug-likeness (QED) is 0.868.